The van der Waals surface area contributed by atoms with Crippen molar-refractivity contribution in [2.75, 3.05) is 0 Å². The number of allylic oxidation sites excluding steroid dienone is 6. The monoisotopic (exact) mass is 189 g/mol. The van der Waals surface area contributed by atoms with E-state index in [1.54, 1.807) is 6.07 Å². The van der Waals surface area contributed by atoms with Crippen LogP contribution in [-0.4, -0.2) is 5.78 Å². The highest BCUT2D eigenvalue weighted by Gasteiger charge is 2.03. The highest BCUT2D eigenvalue weighted by molar-refractivity contribution is 5.95. The first-order valence-electron chi connectivity index (χ1n) is 4.53. The van der Waals surface area contributed by atoms with E-state index >= 15 is 0 Å². The fourth-order valence-corrected chi connectivity index (χ4v) is 1.10. The third kappa shape index (κ3) is 4.42. The van der Waals surface area contributed by atoms with Crippen LogP contribution in [-0.2, 0) is 4.79 Å². The maximum Gasteiger partial charge on any atom is 0.236 e. The van der Waals surface area contributed by atoms with E-state index in [9.17, 15) is 4.79 Å². The minimum Gasteiger partial charge on any atom is -0.282 e. The molecule has 0 aromatic rings. The number of nitriles is 1. The van der Waals surface area contributed by atoms with Crippen molar-refractivity contribution < 1.29 is 4.79 Å². The molecular formula is C12H15NO. The van der Waals surface area contributed by atoms with Crippen LogP contribution in [0.5, 0.6) is 0 Å². The lowest BCUT2D eigenvalue weighted by atomic mass is 10.0. The van der Waals surface area contributed by atoms with E-state index in [4.69, 9.17) is 5.26 Å². The van der Waals surface area contributed by atoms with Gasteiger partial charge in [0.25, 0.3) is 0 Å². The number of Topliss-reactive ketones (excluding diaryl/α,β-unsaturated/α-hetero) is 1. The zero-order valence-corrected chi connectivity index (χ0v) is 8.87. The van der Waals surface area contributed by atoms with Crippen LogP contribution in [0.3, 0.4) is 0 Å². The van der Waals surface area contributed by atoms with Crippen molar-refractivity contribution in [3.63, 3.8) is 0 Å². The van der Waals surface area contributed by atoms with Crippen molar-refractivity contribution >= 4 is 5.78 Å². The second kappa shape index (κ2) is 6.85. The first kappa shape index (κ1) is 12.4. The molecule has 0 saturated carbocycles. The molecular weight excluding hydrogens is 174 g/mol. The molecule has 0 atom stereocenters. The highest BCUT2D eigenvalue weighted by atomic mass is 16.1. The Kier molecular flexibility index (Phi) is 6.06. The fraction of sp³-hybridized carbons (Fsp3) is 0.333. The second-order valence-corrected chi connectivity index (χ2v) is 2.92. The predicted molar refractivity (Wildman–Crippen MR) is 57.6 cm³/mol. The SMILES string of the molecule is C\C=C/C(C)=C(\C=C\C)CC(=O)C#N. The van der Waals surface area contributed by atoms with Crippen LogP contribution in [0.15, 0.2) is 35.5 Å². The molecule has 0 unspecified atom stereocenters. The van der Waals surface area contributed by atoms with Crippen molar-refractivity contribution in [1.29, 1.82) is 5.26 Å². The first-order valence-corrected chi connectivity index (χ1v) is 4.53. The van der Waals surface area contributed by atoms with Crippen LogP contribution in [0.1, 0.15) is 27.2 Å². The van der Waals surface area contributed by atoms with Gasteiger partial charge in [-0.25, -0.2) is 0 Å². The summed E-state index contributed by atoms with van der Waals surface area (Å²) in [7, 11) is 0. The number of hydrogen-bond acceptors (Lipinski definition) is 2. The molecule has 0 bridgehead atoms. The quantitative estimate of drug-likeness (QED) is 0.504. The van der Waals surface area contributed by atoms with Gasteiger partial charge in [-0.15, -0.1) is 0 Å². The Morgan fingerprint density at radius 2 is 1.86 bits per heavy atom. The number of rotatable bonds is 4. The maximum atomic E-state index is 11.0. The molecule has 0 aliphatic carbocycles. The number of carbonyl (C=O) groups is 1. The average Bonchev–Trinajstić information content (AvgIpc) is 2.17. The van der Waals surface area contributed by atoms with E-state index in [2.05, 4.69) is 0 Å². The summed E-state index contributed by atoms with van der Waals surface area (Å²) in [6, 6.07) is 1.62. The van der Waals surface area contributed by atoms with Gasteiger partial charge in [0, 0.05) is 6.42 Å². The number of ketones is 1. The molecule has 0 radical (unpaired) electrons. The molecule has 14 heavy (non-hydrogen) atoms. The lowest BCUT2D eigenvalue weighted by Gasteiger charge is -2.01. The van der Waals surface area contributed by atoms with Gasteiger partial charge in [0.05, 0.1) is 0 Å². The van der Waals surface area contributed by atoms with E-state index < -0.39 is 5.78 Å². The predicted octanol–water partition coefficient (Wildman–Crippen LogP) is 2.94. The average molecular weight is 189 g/mol. The summed E-state index contributed by atoms with van der Waals surface area (Å²) in [5.41, 5.74) is 1.92. The van der Waals surface area contributed by atoms with E-state index in [-0.39, 0.29) is 6.42 Å². The molecule has 0 amide bonds. The summed E-state index contributed by atoms with van der Waals surface area (Å²) in [5.74, 6) is -0.401. The summed E-state index contributed by atoms with van der Waals surface area (Å²) in [4.78, 5) is 11.0. The minimum atomic E-state index is -0.401. The van der Waals surface area contributed by atoms with Gasteiger partial charge in [0.15, 0.2) is 0 Å². The molecule has 2 nitrogen and oxygen atoms in total. The standard InChI is InChI=1S/C12H15NO/c1-4-6-10(3)11(7-5-2)8-12(14)9-13/h4-7H,8H2,1-3H3/b6-4-,7-5+,11-10+. The van der Waals surface area contributed by atoms with Crippen molar-refractivity contribution in [3.8, 4) is 6.07 Å². The van der Waals surface area contributed by atoms with Gasteiger partial charge in [0.1, 0.15) is 6.07 Å². The minimum absolute atomic E-state index is 0.191. The van der Waals surface area contributed by atoms with Gasteiger partial charge in [-0.3, -0.25) is 4.79 Å². The first-order chi connectivity index (χ1) is 6.65. The zero-order chi connectivity index (χ0) is 11.0. The summed E-state index contributed by atoms with van der Waals surface area (Å²) in [6.45, 7) is 5.74. The van der Waals surface area contributed by atoms with Gasteiger partial charge >= 0.3 is 0 Å². The molecule has 0 N–H and O–H groups in total. The van der Waals surface area contributed by atoms with Crippen molar-refractivity contribution in [1.82, 2.24) is 0 Å². The summed E-state index contributed by atoms with van der Waals surface area (Å²) >= 11 is 0. The van der Waals surface area contributed by atoms with Crippen LogP contribution in [0, 0.1) is 11.3 Å². The molecule has 2 heteroatoms. The molecule has 0 rings (SSSR count). The topological polar surface area (TPSA) is 40.9 Å². The number of nitrogens with zero attached hydrogens (tertiary/aromatic N) is 1. The third-order valence-electron chi connectivity index (χ3n) is 1.77. The Hall–Kier alpha value is -1.62. The molecule has 0 aromatic carbocycles. The van der Waals surface area contributed by atoms with E-state index in [0.717, 1.165) is 11.1 Å². The Bertz CT molecular complexity index is 327. The van der Waals surface area contributed by atoms with Gasteiger partial charge in [-0.2, -0.15) is 5.26 Å². The zero-order valence-electron chi connectivity index (χ0n) is 8.87. The van der Waals surface area contributed by atoms with Crippen molar-refractivity contribution in [2.45, 2.75) is 27.2 Å². The highest BCUT2D eigenvalue weighted by Crippen LogP contribution is 2.12. The Labute approximate surface area is 85.2 Å². The molecule has 0 saturated heterocycles. The van der Waals surface area contributed by atoms with Gasteiger partial charge in [-0.05, 0) is 31.9 Å². The lowest BCUT2D eigenvalue weighted by Crippen LogP contribution is -1.96. The smallest absolute Gasteiger partial charge is 0.236 e. The molecule has 0 aliphatic rings. The maximum absolute atomic E-state index is 11.0. The normalized spacial score (nSPS) is 13.0. The molecule has 0 fully saturated rings. The number of carbonyl (C=O) groups excluding carboxylic acids is 1. The molecule has 0 heterocycles. The van der Waals surface area contributed by atoms with Gasteiger partial charge in [0.2, 0.25) is 5.78 Å². The molecule has 0 aliphatic heterocycles. The number of hydrogen-bond donors (Lipinski definition) is 0. The summed E-state index contributed by atoms with van der Waals surface area (Å²) in [5, 5.41) is 8.40. The lowest BCUT2D eigenvalue weighted by molar-refractivity contribution is -0.113. The van der Waals surface area contributed by atoms with Crippen LogP contribution < -0.4 is 0 Å². The molecule has 74 valence electrons. The van der Waals surface area contributed by atoms with Crippen LogP contribution in [0.25, 0.3) is 0 Å². The summed E-state index contributed by atoms with van der Waals surface area (Å²) < 4.78 is 0. The van der Waals surface area contributed by atoms with Crippen LogP contribution in [0.2, 0.25) is 0 Å². The van der Waals surface area contributed by atoms with Gasteiger partial charge in [-0.1, -0.05) is 24.3 Å². The van der Waals surface area contributed by atoms with E-state index in [1.165, 1.54) is 0 Å². The van der Waals surface area contributed by atoms with Crippen molar-refractivity contribution in [3.05, 3.63) is 35.5 Å². The second-order valence-electron chi connectivity index (χ2n) is 2.92. The van der Waals surface area contributed by atoms with Crippen molar-refractivity contribution in [2.24, 2.45) is 0 Å². The van der Waals surface area contributed by atoms with Crippen LogP contribution in [0.4, 0.5) is 0 Å². The largest absolute Gasteiger partial charge is 0.282 e. The molecule has 0 aromatic heterocycles. The Morgan fingerprint density at radius 3 is 2.29 bits per heavy atom. The third-order valence-corrected chi connectivity index (χ3v) is 1.77. The van der Waals surface area contributed by atoms with Gasteiger partial charge < -0.3 is 0 Å². The van der Waals surface area contributed by atoms with Crippen LogP contribution >= 0.6 is 0 Å². The Balaban J connectivity index is 4.86. The summed E-state index contributed by atoms with van der Waals surface area (Å²) in [6.07, 6.45) is 7.77. The van der Waals surface area contributed by atoms with E-state index in [0.29, 0.717) is 0 Å². The fourth-order valence-electron chi connectivity index (χ4n) is 1.10. The molecule has 0 spiro atoms. The van der Waals surface area contributed by atoms with E-state index in [1.807, 2.05) is 45.1 Å². The Morgan fingerprint density at radius 1 is 1.29 bits per heavy atom.